The molecule has 6 nitrogen and oxygen atoms in total. The average Bonchev–Trinajstić information content (AvgIpc) is 3.19. The first-order valence-corrected chi connectivity index (χ1v) is 7.61. The zero-order valence-electron chi connectivity index (χ0n) is 12.6. The maximum Gasteiger partial charge on any atom is 0.360 e. The molecule has 1 saturated heterocycles. The molecule has 1 fully saturated rings. The third-order valence-electron chi connectivity index (χ3n) is 3.93. The zero-order chi connectivity index (χ0) is 16.4. The number of hydrogen-bond donors (Lipinski definition) is 0. The fraction of sp³-hybridized carbons (Fsp3) is 0.400. The number of halogens is 2. The number of rotatable bonds is 4. The summed E-state index contributed by atoms with van der Waals surface area (Å²) >= 11 is 6.11. The molecule has 2 aromatic rings. The highest BCUT2D eigenvalue weighted by Gasteiger charge is 2.26. The van der Waals surface area contributed by atoms with Crippen molar-refractivity contribution < 1.29 is 13.9 Å². The maximum atomic E-state index is 13.3. The van der Waals surface area contributed by atoms with Gasteiger partial charge in [-0.15, -0.1) is 5.10 Å². The van der Waals surface area contributed by atoms with Crippen molar-refractivity contribution in [2.45, 2.75) is 19.0 Å². The lowest BCUT2D eigenvalue weighted by molar-refractivity contribution is 0.0594. The molecule has 1 aromatic heterocycles. The van der Waals surface area contributed by atoms with E-state index in [4.69, 9.17) is 11.6 Å². The Morgan fingerprint density at radius 1 is 1.52 bits per heavy atom. The van der Waals surface area contributed by atoms with Crippen LogP contribution in [0, 0.1) is 5.82 Å². The highest BCUT2D eigenvalue weighted by Crippen LogP contribution is 2.25. The van der Waals surface area contributed by atoms with Gasteiger partial charge >= 0.3 is 5.97 Å². The van der Waals surface area contributed by atoms with Crippen molar-refractivity contribution in [3.05, 3.63) is 46.5 Å². The summed E-state index contributed by atoms with van der Waals surface area (Å²) in [6, 6.07) is 4.50. The molecule has 1 aliphatic heterocycles. The smallest absolute Gasteiger partial charge is 0.360 e. The van der Waals surface area contributed by atoms with Crippen molar-refractivity contribution in [2.75, 3.05) is 20.2 Å². The molecule has 1 atom stereocenters. The predicted octanol–water partition coefficient (Wildman–Crippen LogP) is 2.30. The summed E-state index contributed by atoms with van der Waals surface area (Å²) in [4.78, 5) is 13.6. The van der Waals surface area contributed by atoms with Gasteiger partial charge in [-0.25, -0.2) is 13.9 Å². The summed E-state index contributed by atoms with van der Waals surface area (Å²) in [5, 5.41) is 8.37. The topological polar surface area (TPSA) is 60.2 Å². The van der Waals surface area contributed by atoms with E-state index >= 15 is 0 Å². The molecule has 8 heteroatoms. The van der Waals surface area contributed by atoms with Crippen molar-refractivity contribution in [1.82, 2.24) is 19.9 Å². The van der Waals surface area contributed by atoms with Crippen LogP contribution in [-0.4, -0.2) is 46.1 Å². The lowest BCUT2D eigenvalue weighted by Gasteiger charge is -2.17. The van der Waals surface area contributed by atoms with Gasteiger partial charge in [-0.2, -0.15) is 0 Å². The van der Waals surface area contributed by atoms with E-state index in [1.165, 1.54) is 19.2 Å². The van der Waals surface area contributed by atoms with Crippen LogP contribution in [0.2, 0.25) is 5.02 Å². The monoisotopic (exact) mass is 338 g/mol. The van der Waals surface area contributed by atoms with Gasteiger partial charge in [0.2, 0.25) is 0 Å². The van der Waals surface area contributed by atoms with E-state index < -0.39 is 5.97 Å². The van der Waals surface area contributed by atoms with Crippen LogP contribution < -0.4 is 0 Å². The van der Waals surface area contributed by atoms with Crippen molar-refractivity contribution in [1.29, 1.82) is 0 Å². The normalized spacial score (nSPS) is 18.3. The molecule has 0 spiro atoms. The quantitative estimate of drug-likeness (QED) is 0.801. The molecule has 122 valence electrons. The van der Waals surface area contributed by atoms with Crippen LogP contribution in [0.4, 0.5) is 4.39 Å². The number of ether oxygens (including phenoxy) is 1. The molecule has 1 unspecified atom stereocenters. The second-order valence-corrected chi connectivity index (χ2v) is 5.90. The third kappa shape index (κ3) is 3.51. The molecule has 0 bridgehead atoms. The Labute approximate surface area is 137 Å². The standard InChI is InChI=1S/C15H16ClFN4O2/c1-23-15(22)14-9-21(19-18-14)12-4-5-20(8-12)7-10-6-11(17)2-3-13(10)16/h2-3,6,9,12H,4-5,7-8H2,1H3. The van der Waals surface area contributed by atoms with Crippen LogP contribution in [0.3, 0.4) is 0 Å². The number of nitrogens with zero attached hydrogens (tertiary/aromatic N) is 4. The molecule has 3 rings (SSSR count). The Bertz CT molecular complexity index is 721. The van der Waals surface area contributed by atoms with E-state index in [0.29, 0.717) is 11.6 Å². The van der Waals surface area contributed by atoms with Gasteiger partial charge in [0.05, 0.1) is 19.3 Å². The second kappa shape index (κ2) is 6.64. The van der Waals surface area contributed by atoms with Gasteiger partial charge in [0.15, 0.2) is 5.69 Å². The Hall–Kier alpha value is -1.99. The minimum atomic E-state index is -0.502. The van der Waals surface area contributed by atoms with Gasteiger partial charge in [-0.05, 0) is 30.2 Å². The van der Waals surface area contributed by atoms with Crippen LogP contribution in [0.5, 0.6) is 0 Å². The molecule has 0 N–H and O–H groups in total. The van der Waals surface area contributed by atoms with Crippen LogP contribution in [0.1, 0.15) is 28.5 Å². The van der Waals surface area contributed by atoms with E-state index in [2.05, 4.69) is 19.9 Å². The van der Waals surface area contributed by atoms with Crippen molar-refractivity contribution in [3.8, 4) is 0 Å². The number of benzene rings is 1. The van der Waals surface area contributed by atoms with Gasteiger partial charge in [0.25, 0.3) is 0 Å². The average molecular weight is 339 g/mol. The molecule has 0 radical (unpaired) electrons. The molecule has 0 amide bonds. The predicted molar refractivity (Wildman–Crippen MR) is 81.7 cm³/mol. The minimum absolute atomic E-state index is 0.119. The van der Waals surface area contributed by atoms with Gasteiger partial charge in [-0.3, -0.25) is 4.90 Å². The summed E-state index contributed by atoms with van der Waals surface area (Å²) in [6.07, 6.45) is 2.46. The van der Waals surface area contributed by atoms with Crippen molar-refractivity contribution >= 4 is 17.6 Å². The molecule has 1 aliphatic rings. The van der Waals surface area contributed by atoms with Crippen LogP contribution in [0.15, 0.2) is 24.4 Å². The highest BCUT2D eigenvalue weighted by atomic mass is 35.5. The van der Waals surface area contributed by atoms with Gasteiger partial charge in [0.1, 0.15) is 5.82 Å². The fourth-order valence-electron chi connectivity index (χ4n) is 2.73. The van der Waals surface area contributed by atoms with E-state index in [1.807, 2.05) is 0 Å². The van der Waals surface area contributed by atoms with Crippen molar-refractivity contribution in [2.24, 2.45) is 0 Å². The zero-order valence-corrected chi connectivity index (χ0v) is 13.3. The molecule has 1 aromatic carbocycles. The number of carbonyl (C=O) groups is 1. The number of likely N-dealkylation sites (tertiary alicyclic amines) is 1. The van der Waals surface area contributed by atoms with Crippen LogP contribution >= 0.6 is 11.6 Å². The molecule has 0 saturated carbocycles. The first-order chi connectivity index (χ1) is 11.1. The van der Waals surface area contributed by atoms with Gasteiger partial charge in [0, 0.05) is 24.7 Å². The SMILES string of the molecule is COC(=O)c1cn(C2CCN(Cc3cc(F)ccc3Cl)C2)nn1. The van der Waals surface area contributed by atoms with Gasteiger partial charge in [-0.1, -0.05) is 16.8 Å². The molecular formula is C15H16ClFN4O2. The van der Waals surface area contributed by atoms with E-state index in [9.17, 15) is 9.18 Å². The summed E-state index contributed by atoms with van der Waals surface area (Å²) in [7, 11) is 1.31. The Morgan fingerprint density at radius 3 is 3.13 bits per heavy atom. The van der Waals surface area contributed by atoms with Gasteiger partial charge < -0.3 is 4.74 Å². The number of esters is 1. The first kappa shape index (κ1) is 15.9. The summed E-state index contributed by atoms with van der Waals surface area (Å²) < 4.78 is 19.6. The number of aromatic nitrogens is 3. The molecule has 23 heavy (non-hydrogen) atoms. The largest absolute Gasteiger partial charge is 0.464 e. The molecule has 2 heterocycles. The van der Waals surface area contributed by atoms with E-state index in [0.717, 1.165) is 25.1 Å². The van der Waals surface area contributed by atoms with Crippen molar-refractivity contribution in [3.63, 3.8) is 0 Å². The Kier molecular flexibility index (Phi) is 4.58. The Morgan fingerprint density at radius 2 is 2.35 bits per heavy atom. The third-order valence-corrected chi connectivity index (χ3v) is 4.30. The van der Waals surface area contributed by atoms with E-state index in [1.54, 1.807) is 16.9 Å². The minimum Gasteiger partial charge on any atom is -0.464 e. The van der Waals surface area contributed by atoms with E-state index in [-0.39, 0.29) is 17.6 Å². The number of hydrogen-bond acceptors (Lipinski definition) is 5. The summed E-state index contributed by atoms with van der Waals surface area (Å²) in [5.41, 5.74) is 0.959. The molecular weight excluding hydrogens is 323 g/mol. The number of methoxy groups -OCH3 is 1. The highest BCUT2D eigenvalue weighted by molar-refractivity contribution is 6.31. The summed E-state index contributed by atoms with van der Waals surface area (Å²) in [6.45, 7) is 2.15. The fourth-order valence-corrected chi connectivity index (χ4v) is 2.91. The molecule has 0 aliphatic carbocycles. The lowest BCUT2D eigenvalue weighted by Crippen LogP contribution is -2.21. The van der Waals surface area contributed by atoms with Crippen LogP contribution in [0.25, 0.3) is 0 Å². The lowest BCUT2D eigenvalue weighted by atomic mass is 10.2. The first-order valence-electron chi connectivity index (χ1n) is 7.23. The second-order valence-electron chi connectivity index (χ2n) is 5.49. The number of carbonyl (C=O) groups excluding carboxylic acids is 1. The Balaban J connectivity index is 1.65. The van der Waals surface area contributed by atoms with Crippen LogP contribution in [-0.2, 0) is 11.3 Å². The summed E-state index contributed by atoms with van der Waals surface area (Å²) in [5.74, 6) is -0.795. The maximum absolute atomic E-state index is 13.3.